The molecule has 0 saturated carbocycles. The van der Waals surface area contributed by atoms with E-state index in [-0.39, 0.29) is 0 Å². The van der Waals surface area contributed by atoms with Gasteiger partial charge in [0, 0.05) is 5.54 Å². The van der Waals surface area contributed by atoms with Crippen LogP contribution in [-0.2, 0) is 0 Å². The second kappa shape index (κ2) is 4.99. The maximum atomic E-state index is 2.72. The Morgan fingerprint density at radius 1 is 1.00 bits per heavy atom. The topological polar surface area (TPSA) is 3.24 Å². The molecule has 78 valence electrons. The summed E-state index contributed by atoms with van der Waals surface area (Å²) in [4.78, 5) is 2.72. The van der Waals surface area contributed by atoms with E-state index in [1.807, 2.05) is 0 Å². The molecule has 1 rings (SSSR count). The largest absolute Gasteiger partial charge is 0.298 e. The van der Waals surface area contributed by atoms with Gasteiger partial charge >= 0.3 is 0 Å². The molecule has 0 aromatic carbocycles. The minimum atomic E-state index is 0.514. The van der Waals surface area contributed by atoms with E-state index < -0.39 is 0 Å². The summed E-state index contributed by atoms with van der Waals surface area (Å²) in [7, 11) is 0. The van der Waals surface area contributed by atoms with Crippen LogP contribution in [0.4, 0.5) is 0 Å². The van der Waals surface area contributed by atoms with Gasteiger partial charge in [-0.05, 0) is 45.7 Å². The van der Waals surface area contributed by atoms with Gasteiger partial charge in [0.25, 0.3) is 0 Å². The predicted molar refractivity (Wildman–Crippen MR) is 59.0 cm³/mol. The van der Waals surface area contributed by atoms with Crippen LogP contribution in [0, 0.1) is 0 Å². The van der Waals surface area contributed by atoms with Crippen molar-refractivity contribution in [1.82, 2.24) is 4.90 Å². The molecule has 0 radical (unpaired) electrons. The number of likely N-dealkylation sites (tertiary alicyclic amines) is 1. The molecule has 0 atom stereocenters. The Balaban J connectivity index is 2.52. The minimum absolute atomic E-state index is 0.514. The van der Waals surface area contributed by atoms with Crippen LogP contribution in [0.5, 0.6) is 0 Å². The molecule has 0 aliphatic carbocycles. The predicted octanol–water partition coefficient (Wildman–Crippen LogP) is 3.44. The molecule has 1 fully saturated rings. The van der Waals surface area contributed by atoms with E-state index in [1.165, 1.54) is 51.6 Å². The van der Waals surface area contributed by atoms with Crippen LogP contribution < -0.4 is 0 Å². The third kappa shape index (κ3) is 2.70. The fourth-order valence-electron chi connectivity index (χ4n) is 2.78. The van der Waals surface area contributed by atoms with Crippen LogP contribution in [0.25, 0.3) is 0 Å². The van der Waals surface area contributed by atoms with Gasteiger partial charge in [0.2, 0.25) is 0 Å². The number of hydrogen-bond acceptors (Lipinski definition) is 1. The molecule has 0 unspecified atom stereocenters. The molecule has 1 heterocycles. The van der Waals surface area contributed by atoms with Crippen LogP contribution in [0.3, 0.4) is 0 Å². The van der Waals surface area contributed by atoms with Crippen molar-refractivity contribution in [3.63, 3.8) is 0 Å². The molecule has 1 nitrogen and oxygen atoms in total. The summed E-state index contributed by atoms with van der Waals surface area (Å²) < 4.78 is 0. The van der Waals surface area contributed by atoms with Gasteiger partial charge in [-0.25, -0.2) is 0 Å². The summed E-state index contributed by atoms with van der Waals surface area (Å²) in [5, 5.41) is 0. The van der Waals surface area contributed by atoms with Crippen molar-refractivity contribution in [3.05, 3.63) is 0 Å². The van der Waals surface area contributed by atoms with Gasteiger partial charge in [-0.15, -0.1) is 0 Å². The Kier molecular flexibility index (Phi) is 4.24. The Morgan fingerprint density at radius 3 is 1.85 bits per heavy atom. The lowest BCUT2D eigenvalue weighted by Gasteiger charge is -2.39. The Labute approximate surface area is 83.5 Å². The molecule has 0 spiro atoms. The van der Waals surface area contributed by atoms with E-state index in [0.29, 0.717) is 5.54 Å². The van der Waals surface area contributed by atoms with E-state index >= 15 is 0 Å². The smallest absolute Gasteiger partial charge is 0.0181 e. The second-order valence-electron chi connectivity index (χ2n) is 4.69. The maximum absolute atomic E-state index is 2.72. The van der Waals surface area contributed by atoms with Crippen molar-refractivity contribution < 1.29 is 0 Å². The fourth-order valence-corrected chi connectivity index (χ4v) is 2.78. The van der Waals surface area contributed by atoms with Crippen molar-refractivity contribution in [2.45, 2.75) is 64.8 Å². The molecule has 0 bridgehead atoms. The van der Waals surface area contributed by atoms with E-state index in [4.69, 9.17) is 0 Å². The van der Waals surface area contributed by atoms with E-state index in [0.717, 1.165) is 0 Å². The number of nitrogens with zero attached hydrogens (tertiary/aromatic N) is 1. The summed E-state index contributed by atoms with van der Waals surface area (Å²) in [6.07, 6.45) is 8.24. The first kappa shape index (κ1) is 11.0. The Bertz CT molecular complexity index is 130. The monoisotopic (exact) mass is 183 g/mol. The molecule has 0 amide bonds. The molecule has 0 aromatic heterocycles. The maximum Gasteiger partial charge on any atom is 0.0181 e. The average Bonchev–Trinajstić information content (AvgIpc) is 2.57. The highest BCUT2D eigenvalue weighted by molar-refractivity contribution is 4.87. The van der Waals surface area contributed by atoms with Crippen molar-refractivity contribution in [1.29, 1.82) is 0 Å². The van der Waals surface area contributed by atoms with Gasteiger partial charge in [-0.3, -0.25) is 4.90 Å². The van der Waals surface area contributed by atoms with Gasteiger partial charge in [-0.2, -0.15) is 0 Å². The van der Waals surface area contributed by atoms with Crippen LogP contribution in [0.1, 0.15) is 59.3 Å². The Morgan fingerprint density at radius 2 is 1.46 bits per heavy atom. The molecule has 0 aromatic rings. The SMILES string of the molecule is CCCC(C)(CCC)N1CCCC1. The van der Waals surface area contributed by atoms with Crippen LogP contribution >= 0.6 is 0 Å². The summed E-state index contributed by atoms with van der Waals surface area (Å²) >= 11 is 0. The lowest BCUT2D eigenvalue weighted by atomic mass is 9.89. The molecule has 1 aliphatic rings. The van der Waals surface area contributed by atoms with E-state index in [1.54, 1.807) is 0 Å². The molecular weight excluding hydrogens is 158 g/mol. The van der Waals surface area contributed by atoms with E-state index in [2.05, 4.69) is 25.7 Å². The number of rotatable bonds is 5. The zero-order valence-electron chi connectivity index (χ0n) is 9.60. The zero-order valence-corrected chi connectivity index (χ0v) is 9.60. The standard InChI is InChI=1S/C12H25N/c1-4-8-12(3,9-5-2)13-10-6-7-11-13/h4-11H2,1-3H3. The van der Waals surface area contributed by atoms with Crippen molar-refractivity contribution in [3.8, 4) is 0 Å². The van der Waals surface area contributed by atoms with Crippen LogP contribution in [-0.4, -0.2) is 23.5 Å². The second-order valence-corrected chi connectivity index (χ2v) is 4.69. The van der Waals surface area contributed by atoms with Gasteiger partial charge in [0.1, 0.15) is 0 Å². The highest BCUT2D eigenvalue weighted by atomic mass is 15.2. The van der Waals surface area contributed by atoms with Crippen molar-refractivity contribution in [2.75, 3.05) is 13.1 Å². The fraction of sp³-hybridized carbons (Fsp3) is 1.00. The Hall–Kier alpha value is -0.0400. The summed E-state index contributed by atoms with van der Waals surface area (Å²) in [5.41, 5.74) is 0.514. The first-order chi connectivity index (χ1) is 6.23. The van der Waals surface area contributed by atoms with Crippen molar-refractivity contribution >= 4 is 0 Å². The first-order valence-corrected chi connectivity index (χ1v) is 5.98. The van der Waals surface area contributed by atoms with E-state index in [9.17, 15) is 0 Å². The van der Waals surface area contributed by atoms with Gasteiger partial charge in [-0.1, -0.05) is 26.7 Å². The average molecular weight is 183 g/mol. The molecular formula is C12H25N. The van der Waals surface area contributed by atoms with Gasteiger partial charge in [0.15, 0.2) is 0 Å². The highest BCUT2D eigenvalue weighted by Gasteiger charge is 2.31. The lowest BCUT2D eigenvalue weighted by Crippen LogP contribution is -2.44. The minimum Gasteiger partial charge on any atom is -0.298 e. The van der Waals surface area contributed by atoms with Gasteiger partial charge < -0.3 is 0 Å². The van der Waals surface area contributed by atoms with Crippen molar-refractivity contribution in [2.24, 2.45) is 0 Å². The zero-order chi connectivity index (χ0) is 9.73. The molecule has 13 heavy (non-hydrogen) atoms. The first-order valence-electron chi connectivity index (χ1n) is 5.98. The molecule has 1 saturated heterocycles. The van der Waals surface area contributed by atoms with Gasteiger partial charge in [0.05, 0.1) is 0 Å². The van der Waals surface area contributed by atoms with Crippen LogP contribution in [0.2, 0.25) is 0 Å². The summed E-state index contributed by atoms with van der Waals surface area (Å²) in [6.45, 7) is 9.77. The summed E-state index contributed by atoms with van der Waals surface area (Å²) in [6, 6.07) is 0. The third-order valence-corrected chi connectivity index (χ3v) is 3.45. The molecule has 1 heteroatoms. The van der Waals surface area contributed by atoms with Crippen LogP contribution in [0.15, 0.2) is 0 Å². The molecule has 0 N–H and O–H groups in total. The quantitative estimate of drug-likeness (QED) is 0.631. The normalized spacial score (nSPS) is 19.6. The third-order valence-electron chi connectivity index (χ3n) is 3.45. The number of hydrogen-bond donors (Lipinski definition) is 0. The highest BCUT2D eigenvalue weighted by Crippen LogP contribution is 2.29. The summed E-state index contributed by atoms with van der Waals surface area (Å²) in [5.74, 6) is 0. The lowest BCUT2D eigenvalue weighted by molar-refractivity contribution is 0.112. The molecule has 1 aliphatic heterocycles.